The van der Waals surface area contributed by atoms with Crippen LogP contribution in [0, 0.1) is 25.2 Å². The largest absolute Gasteiger partial charge is 0.327 e. The molecule has 1 heterocycles. The Kier molecular flexibility index (Phi) is 7.70. The molecule has 170 valence electrons. The average Bonchev–Trinajstić information content (AvgIpc) is 3.35. The summed E-state index contributed by atoms with van der Waals surface area (Å²) in [6.45, 7) is 6.13. The predicted octanol–water partition coefficient (Wildman–Crippen LogP) is 4.16. The van der Waals surface area contributed by atoms with Crippen LogP contribution in [-0.4, -0.2) is 41.4 Å². The van der Waals surface area contributed by atoms with Crippen molar-refractivity contribution in [1.29, 1.82) is 5.26 Å². The number of amides is 2. The number of para-hydroxylation sites is 1. The number of benzene rings is 1. The molecule has 0 saturated heterocycles. The van der Waals surface area contributed by atoms with E-state index in [1.54, 1.807) is 11.9 Å². The average molecular weight is 436 g/mol. The molecule has 2 amide bonds. The van der Waals surface area contributed by atoms with Crippen molar-refractivity contribution in [2.45, 2.75) is 58.9 Å². The van der Waals surface area contributed by atoms with Crippen LogP contribution in [0.15, 0.2) is 24.3 Å². The number of likely N-dealkylation sites (N-methyl/N-ethyl adjacent to an activating group) is 1. The number of anilines is 2. The fourth-order valence-electron chi connectivity index (χ4n) is 4.56. The lowest BCUT2D eigenvalue weighted by Gasteiger charge is -2.21. The van der Waals surface area contributed by atoms with Crippen molar-refractivity contribution in [3.8, 4) is 6.07 Å². The highest BCUT2D eigenvalue weighted by Gasteiger charge is 2.27. The highest BCUT2D eigenvalue weighted by molar-refractivity contribution is 5.95. The van der Waals surface area contributed by atoms with Gasteiger partial charge in [-0.05, 0) is 57.4 Å². The molecular weight excluding hydrogens is 402 g/mol. The number of nitrogens with one attached hydrogen (secondary N) is 2. The second-order valence-corrected chi connectivity index (χ2v) is 8.63. The first kappa shape index (κ1) is 23.6. The smallest absolute Gasteiger partial charge is 0.239 e. The summed E-state index contributed by atoms with van der Waals surface area (Å²) in [5.41, 5.74) is 4.35. The summed E-state index contributed by atoms with van der Waals surface area (Å²) in [5, 5.41) is 15.6. The minimum atomic E-state index is -0.234. The number of hydrogen-bond donors (Lipinski definition) is 2. The second-order valence-electron chi connectivity index (χ2n) is 8.63. The van der Waals surface area contributed by atoms with Crippen molar-refractivity contribution in [3.05, 3.63) is 46.6 Å². The molecule has 0 radical (unpaired) electrons. The van der Waals surface area contributed by atoms with Crippen LogP contribution in [-0.2, 0) is 16.0 Å². The Morgan fingerprint density at radius 3 is 2.38 bits per heavy atom. The molecule has 1 aromatic carbocycles. The zero-order valence-electron chi connectivity index (χ0n) is 19.5. The molecule has 0 unspecified atom stereocenters. The lowest BCUT2D eigenvalue weighted by molar-refractivity contribution is -0.119. The lowest BCUT2D eigenvalue weighted by atomic mass is 10.1. The third-order valence-electron chi connectivity index (χ3n) is 6.32. The van der Waals surface area contributed by atoms with Crippen molar-refractivity contribution in [3.63, 3.8) is 0 Å². The predicted molar refractivity (Wildman–Crippen MR) is 127 cm³/mol. The maximum Gasteiger partial charge on any atom is 0.239 e. The first-order valence-electron chi connectivity index (χ1n) is 11.3. The van der Waals surface area contributed by atoms with Crippen molar-refractivity contribution in [1.82, 2.24) is 9.47 Å². The van der Waals surface area contributed by atoms with Crippen LogP contribution in [0.4, 0.5) is 11.5 Å². The number of hydrogen-bond acceptors (Lipinski definition) is 4. The van der Waals surface area contributed by atoms with E-state index in [1.807, 2.05) is 45.0 Å². The molecule has 7 nitrogen and oxygen atoms in total. The van der Waals surface area contributed by atoms with Gasteiger partial charge in [0.1, 0.15) is 11.9 Å². The maximum absolute atomic E-state index is 12.8. The molecule has 32 heavy (non-hydrogen) atoms. The maximum atomic E-state index is 12.8. The molecule has 7 heteroatoms. The van der Waals surface area contributed by atoms with E-state index in [9.17, 15) is 14.9 Å². The highest BCUT2D eigenvalue weighted by atomic mass is 16.2. The number of nitriles is 1. The van der Waals surface area contributed by atoms with Gasteiger partial charge in [-0.25, -0.2) is 0 Å². The summed E-state index contributed by atoms with van der Waals surface area (Å²) in [7, 11) is 1.74. The van der Waals surface area contributed by atoms with Crippen LogP contribution in [0.1, 0.15) is 61.0 Å². The first-order valence-corrected chi connectivity index (χ1v) is 11.3. The number of carbonyl (C=O) groups is 2. The quantitative estimate of drug-likeness (QED) is 0.651. The molecule has 0 bridgehead atoms. The molecule has 1 aliphatic carbocycles. The Hall–Kier alpha value is -3.11. The van der Waals surface area contributed by atoms with Crippen LogP contribution in [0.5, 0.6) is 0 Å². The number of aromatic nitrogens is 1. The zero-order valence-corrected chi connectivity index (χ0v) is 19.5. The molecular formula is C25H33N5O2. The van der Waals surface area contributed by atoms with E-state index in [-0.39, 0.29) is 24.9 Å². The Balaban J connectivity index is 1.65. The molecule has 1 aromatic heterocycles. The molecule has 1 fully saturated rings. The third kappa shape index (κ3) is 5.20. The Morgan fingerprint density at radius 1 is 1.12 bits per heavy atom. The summed E-state index contributed by atoms with van der Waals surface area (Å²) in [4.78, 5) is 27.0. The monoisotopic (exact) mass is 435 g/mol. The molecule has 1 saturated carbocycles. The fourth-order valence-corrected chi connectivity index (χ4v) is 4.56. The summed E-state index contributed by atoms with van der Waals surface area (Å²) < 4.78 is 2.13. The van der Waals surface area contributed by atoms with E-state index in [0.29, 0.717) is 17.4 Å². The number of nitrogens with zero attached hydrogens (tertiary/aromatic N) is 3. The van der Waals surface area contributed by atoms with Gasteiger partial charge in [0.2, 0.25) is 11.8 Å². The molecule has 1 aliphatic rings. The molecule has 0 spiro atoms. The zero-order chi connectivity index (χ0) is 23.3. The van der Waals surface area contributed by atoms with E-state index in [1.165, 1.54) is 0 Å². The van der Waals surface area contributed by atoms with Crippen molar-refractivity contribution in [2.75, 3.05) is 30.8 Å². The molecule has 0 aliphatic heterocycles. The van der Waals surface area contributed by atoms with Gasteiger partial charge in [-0.1, -0.05) is 38.0 Å². The lowest BCUT2D eigenvalue weighted by Crippen LogP contribution is -2.36. The van der Waals surface area contributed by atoms with Crippen LogP contribution in [0.3, 0.4) is 0 Å². The molecule has 2 N–H and O–H groups in total. The van der Waals surface area contributed by atoms with Crippen LogP contribution in [0.2, 0.25) is 0 Å². The van der Waals surface area contributed by atoms with Crippen molar-refractivity contribution >= 4 is 23.3 Å². The van der Waals surface area contributed by atoms with Crippen molar-refractivity contribution in [2.24, 2.45) is 0 Å². The van der Waals surface area contributed by atoms with Gasteiger partial charge in [0.15, 0.2) is 0 Å². The first-order chi connectivity index (χ1) is 15.3. The Labute approximate surface area is 190 Å². The van der Waals surface area contributed by atoms with E-state index >= 15 is 0 Å². The second kappa shape index (κ2) is 10.5. The van der Waals surface area contributed by atoms with Crippen LogP contribution < -0.4 is 10.6 Å². The summed E-state index contributed by atoms with van der Waals surface area (Å²) >= 11 is 0. The number of rotatable bonds is 8. The third-order valence-corrected chi connectivity index (χ3v) is 6.32. The van der Waals surface area contributed by atoms with Gasteiger partial charge in [-0.2, -0.15) is 5.26 Å². The molecule has 3 rings (SSSR count). The number of aryl methyl sites for hydroxylation is 1. The summed E-state index contributed by atoms with van der Waals surface area (Å²) in [6.07, 6.45) is 5.27. The van der Waals surface area contributed by atoms with Gasteiger partial charge >= 0.3 is 0 Å². The Bertz CT molecular complexity index is 1030. The van der Waals surface area contributed by atoms with E-state index in [0.717, 1.165) is 54.6 Å². The van der Waals surface area contributed by atoms with Crippen molar-refractivity contribution < 1.29 is 9.59 Å². The molecule has 0 atom stereocenters. The number of carbonyl (C=O) groups excluding carboxylic acids is 2. The minimum absolute atomic E-state index is 0.0572. The van der Waals surface area contributed by atoms with Gasteiger partial charge in [-0.15, -0.1) is 0 Å². The summed E-state index contributed by atoms with van der Waals surface area (Å²) in [6, 6.07) is 10.3. The topological polar surface area (TPSA) is 90.2 Å². The van der Waals surface area contributed by atoms with Gasteiger partial charge in [-0.3, -0.25) is 14.5 Å². The van der Waals surface area contributed by atoms with Gasteiger partial charge in [0.05, 0.1) is 18.7 Å². The summed E-state index contributed by atoms with van der Waals surface area (Å²) in [5.74, 6) is 0.191. The van der Waals surface area contributed by atoms with Gasteiger partial charge < -0.3 is 15.2 Å². The standard InChI is InChI=1S/C25H33N5O2/c1-5-19-10-6-9-13-22(19)27-23(31)15-29(4)16-24(32)28-25-21(14-26)17(2)18(3)30(25)20-11-7-8-12-20/h6,9-10,13,20H,5,7-8,11-12,15-16H2,1-4H3,(H,27,31)(H,28,32). The van der Waals surface area contributed by atoms with Crippen LogP contribution >= 0.6 is 0 Å². The Morgan fingerprint density at radius 2 is 1.75 bits per heavy atom. The van der Waals surface area contributed by atoms with E-state index < -0.39 is 0 Å². The van der Waals surface area contributed by atoms with Gasteiger partial charge in [0, 0.05) is 17.4 Å². The minimum Gasteiger partial charge on any atom is -0.327 e. The van der Waals surface area contributed by atoms with E-state index in [4.69, 9.17) is 0 Å². The highest BCUT2D eigenvalue weighted by Crippen LogP contribution is 2.37. The van der Waals surface area contributed by atoms with Crippen LogP contribution in [0.25, 0.3) is 0 Å². The van der Waals surface area contributed by atoms with E-state index in [2.05, 4.69) is 21.3 Å². The fraction of sp³-hybridized carbons (Fsp3) is 0.480. The molecule has 2 aromatic rings. The SMILES string of the molecule is CCc1ccccc1NC(=O)CN(C)CC(=O)Nc1c(C#N)c(C)c(C)n1C1CCCC1. The normalized spacial score (nSPS) is 13.9. The van der Waals surface area contributed by atoms with Gasteiger partial charge in [0.25, 0.3) is 0 Å².